The van der Waals surface area contributed by atoms with Gasteiger partial charge in [-0.3, -0.25) is 14.2 Å². The summed E-state index contributed by atoms with van der Waals surface area (Å²) in [6.45, 7) is -0.563. The van der Waals surface area contributed by atoms with Gasteiger partial charge in [0.1, 0.15) is 18.3 Å². The van der Waals surface area contributed by atoms with Gasteiger partial charge in [-0.05, 0) is 12.8 Å². The summed E-state index contributed by atoms with van der Waals surface area (Å²) in [4.78, 5) is 45.8. The maximum atomic E-state index is 12.3. The first-order chi connectivity index (χ1) is 18.1. The maximum absolute atomic E-state index is 12.3. The van der Waals surface area contributed by atoms with Crippen LogP contribution in [0.25, 0.3) is 0 Å². The molecule has 0 radical (unpaired) electrons. The van der Waals surface area contributed by atoms with E-state index in [2.05, 4.69) is 30.1 Å². The molecule has 3 fully saturated rings. The van der Waals surface area contributed by atoms with E-state index in [1.54, 1.807) is 11.8 Å². The summed E-state index contributed by atoms with van der Waals surface area (Å²) >= 11 is 1.76. The van der Waals surface area contributed by atoms with Gasteiger partial charge in [-0.1, -0.05) is 6.42 Å². The topological polar surface area (TPSA) is 230 Å². The standard InChI is InChI=1S/C20H28N7O9PS/c21-17-14-18(23-7-22-17)27(8-24-14)19-16(30)15(29)10(35-19)5-34-37(32,33)36-12(28)4-2-1-3-11-13-9(6-38-11)25-20(31)26-13/h8-11,13,15-16,19,29-30H,1-7H2,(H4-,21,22,25,26,31,32,33)/p+1/t9-,10+,11-,13-,15+,16+,19+/m0/s1. The van der Waals surface area contributed by atoms with Gasteiger partial charge in [0.15, 0.2) is 12.5 Å². The fraction of sp³-hybridized carbons (Fsp3) is 0.700. The predicted octanol–water partition coefficient (Wildman–Crippen LogP) is -1.96. The number of carbonyl (C=O) groups is 2. The third-order valence-corrected chi connectivity index (χ3v) is 9.18. The number of hydrogen-bond donors (Lipinski definition) is 6. The molecule has 5 aliphatic rings. The minimum Gasteiger partial charge on any atom is -0.387 e. The number of nitrogens with two attached hydrogens (primary N) is 1. The molecule has 3 saturated heterocycles. The number of fused-ring (bicyclic) bond motifs is 2. The summed E-state index contributed by atoms with van der Waals surface area (Å²) in [5.74, 6) is 0.422. The van der Waals surface area contributed by atoms with Crippen LogP contribution in [0.1, 0.15) is 25.7 Å². The van der Waals surface area contributed by atoms with E-state index in [9.17, 15) is 29.3 Å². The number of aliphatic imine (C=N–C) groups is 3. The highest BCUT2D eigenvalue weighted by molar-refractivity contribution is 8.00. The van der Waals surface area contributed by atoms with Gasteiger partial charge in [0.2, 0.25) is 12.6 Å². The number of aliphatic hydroxyl groups excluding tert-OH is 2. The molecule has 5 aliphatic heterocycles. The number of aliphatic hydroxyl groups is 2. The van der Waals surface area contributed by atoms with E-state index in [4.69, 9.17) is 15.0 Å². The SMILES string of the molecule is NC1=NCN=C2C1=NC=[N+]2[C@@H]1O[C@H](COP(=O)(O)OC(=O)CCCC[C@@H]2SC[C@@H]3NC(=O)N[C@@H]32)[C@@H](O)[C@H]1O. The molecule has 5 rings (SSSR count). The van der Waals surface area contributed by atoms with Crippen LogP contribution in [0.3, 0.4) is 0 Å². The largest absolute Gasteiger partial charge is 0.529 e. The Morgan fingerprint density at radius 3 is 2.92 bits per heavy atom. The highest BCUT2D eigenvalue weighted by Gasteiger charge is 2.50. The van der Waals surface area contributed by atoms with Gasteiger partial charge in [-0.2, -0.15) is 11.8 Å². The number of nitrogens with zero attached hydrogens (tertiary/aromatic N) is 4. The number of amides is 2. The van der Waals surface area contributed by atoms with Gasteiger partial charge in [-0.25, -0.2) is 18.9 Å². The number of unbranched alkanes of at least 4 members (excludes halogenated alkanes) is 1. The summed E-state index contributed by atoms with van der Waals surface area (Å²) in [6, 6.07) is 0.0222. The van der Waals surface area contributed by atoms with E-state index in [1.807, 2.05) is 0 Å². The molecule has 38 heavy (non-hydrogen) atoms. The molecule has 0 saturated carbocycles. The van der Waals surface area contributed by atoms with Crippen LogP contribution in [-0.2, 0) is 23.1 Å². The highest BCUT2D eigenvalue weighted by Crippen LogP contribution is 2.44. The van der Waals surface area contributed by atoms with Crippen LogP contribution in [-0.4, -0.2) is 116 Å². The normalized spacial score (nSPS) is 35.2. The van der Waals surface area contributed by atoms with Gasteiger partial charge < -0.3 is 35.8 Å². The number of phosphoric ester groups is 1. The molecule has 5 heterocycles. The maximum Gasteiger partial charge on any atom is 0.529 e. The summed E-state index contributed by atoms with van der Waals surface area (Å²) < 4.78 is 28.8. The second kappa shape index (κ2) is 11.0. The average Bonchev–Trinajstić information content (AvgIpc) is 3.61. The van der Waals surface area contributed by atoms with Crippen LogP contribution in [0.5, 0.6) is 0 Å². The Morgan fingerprint density at radius 1 is 1.29 bits per heavy atom. The van der Waals surface area contributed by atoms with E-state index in [1.165, 1.54) is 10.9 Å². The van der Waals surface area contributed by atoms with Crippen molar-refractivity contribution < 1.29 is 47.6 Å². The number of rotatable bonds is 10. The molecular formula is C20H29N7O9PS+. The monoisotopic (exact) mass is 574 g/mol. The molecule has 208 valence electrons. The number of phosphoric acid groups is 1. The van der Waals surface area contributed by atoms with Crippen molar-refractivity contribution in [2.75, 3.05) is 19.0 Å². The molecular weight excluding hydrogens is 545 g/mol. The molecule has 0 aromatic carbocycles. The smallest absolute Gasteiger partial charge is 0.387 e. The quantitative estimate of drug-likeness (QED) is 0.0726. The van der Waals surface area contributed by atoms with Gasteiger partial charge in [0.05, 0.1) is 18.7 Å². The Labute approximate surface area is 221 Å². The molecule has 8 atom stereocenters. The number of thioether (sulfide) groups is 1. The third-order valence-electron chi connectivity index (χ3n) is 6.76. The molecule has 0 aliphatic carbocycles. The Hall–Kier alpha value is -2.40. The molecule has 0 spiro atoms. The van der Waals surface area contributed by atoms with Gasteiger partial charge in [0, 0.05) is 17.4 Å². The van der Waals surface area contributed by atoms with Crippen LogP contribution in [0, 0.1) is 0 Å². The fourth-order valence-electron chi connectivity index (χ4n) is 4.85. The van der Waals surface area contributed by atoms with Crippen molar-refractivity contribution >= 4 is 55.3 Å². The van der Waals surface area contributed by atoms with Crippen molar-refractivity contribution in [1.29, 1.82) is 0 Å². The van der Waals surface area contributed by atoms with Crippen LogP contribution >= 0.6 is 19.6 Å². The second-order valence-electron chi connectivity index (χ2n) is 9.31. The Morgan fingerprint density at radius 2 is 2.11 bits per heavy atom. The molecule has 0 aromatic rings. The lowest BCUT2D eigenvalue weighted by Gasteiger charge is -2.17. The molecule has 7 N–H and O–H groups in total. The second-order valence-corrected chi connectivity index (χ2v) is 12.0. The molecule has 0 aromatic heterocycles. The van der Waals surface area contributed by atoms with Crippen molar-refractivity contribution in [2.45, 2.75) is 67.6 Å². The Kier molecular flexibility index (Phi) is 7.86. The first-order valence-corrected chi connectivity index (χ1v) is 14.6. The van der Waals surface area contributed by atoms with Crippen LogP contribution in [0.4, 0.5) is 4.79 Å². The van der Waals surface area contributed by atoms with Crippen LogP contribution in [0.15, 0.2) is 15.0 Å². The van der Waals surface area contributed by atoms with E-state index >= 15 is 0 Å². The molecule has 18 heteroatoms. The first kappa shape index (κ1) is 27.2. The van der Waals surface area contributed by atoms with Gasteiger partial charge in [0.25, 0.3) is 5.71 Å². The zero-order valence-corrected chi connectivity index (χ0v) is 21.8. The van der Waals surface area contributed by atoms with Crippen LogP contribution in [0.2, 0.25) is 0 Å². The van der Waals surface area contributed by atoms with Crippen LogP contribution < -0.4 is 16.4 Å². The third kappa shape index (κ3) is 5.64. The average molecular weight is 575 g/mol. The van der Waals surface area contributed by atoms with Crippen molar-refractivity contribution in [3.8, 4) is 0 Å². The number of nitrogens with one attached hydrogen (secondary N) is 2. The van der Waals surface area contributed by atoms with E-state index in [-0.39, 0.29) is 42.3 Å². The predicted molar refractivity (Wildman–Crippen MR) is 134 cm³/mol. The first-order valence-electron chi connectivity index (χ1n) is 12.1. The molecule has 1 unspecified atom stereocenters. The summed E-state index contributed by atoms with van der Waals surface area (Å²) in [5.41, 5.74) is 6.10. The zero-order chi connectivity index (χ0) is 27.0. The minimum atomic E-state index is -4.80. The van der Waals surface area contributed by atoms with E-state index < -0.39 is 44.9 Å². The molecule has 0 bridgehead atoms. The van der Waals surface area contributed by atoms with Gasteiger partial charge in [-0.15, -0.1) is 9.98 Å². The number of urea groups is 1. The number of hydrogen-bond acceptors (Lipinski definition) is 13. The van der Waals surface area contributed by atoms with Crippen molar-refractivity contribution in [3.63, 3.8) is 0 Å². The number of amidine groups is 2. The fourth-order valence-corrected chi connectivity index (χ4v) is 7.13. The summed E-state index contributed by atoms with van der Waals surface area (Å²) in [5, 5.41) is 26.9. The Bertz CT molecular complexity index is 1160. The lowest BCUT2D eigenvalue weighted by Crippen LogP contribution is -2.45. The lowest BCUT2D eigenvalue weighted by atomic mass is 10.0. The van der Waals surface area contributed by atoms with E-state index in [0.29, 0.717) is 24.4 Å². The highest BCUT2D eigenvalue weighted by atomic mass is 32.2. The number of ether oxygens (including phenoxy) is 1. The van der Waals surface area contributed by atoms with Gasteiger partial charge >= 0.3 is 25.7 Å². The molecule has 2 amide bonds. The summed E-state index contributed by atoms with van der Waals surface area (Å²) in [6.07, 6.45) is -2.11. The van der Waals surface area contributed by atoms with Crippen molar-refractivity contribution in [3.05, 3.63) is 0 Å². The minimum absolute atomic E-state index is 0.0670. The van der Waals surface area contributed by atoms with E-state index in [0.717, 1.165) is 12.2 Å². The Balaban J connectivity index is 1.04. The van der Waals surface area contributed by atoms with Crippen molar-refractivity contribution in [2.24, 2.45) is 20.7 Å². The molecule has 16 nitrogen and oxygen atoms in total. The zero-order valence-electron chi connectivity index (χ0n) is 20.1. The van der Waals surface area contributed by atoms with Crippen molar-refractivity contribution in [1.82, 2.24) is 10.6 Å². The number of carbonyl (C=O) groups excluding carboxylic acids is 2. The lowest BCUT2D eigenvalue weighted by molar-refractivity contribution is -0.517. The summed E-state index contributed by atoms with van der Waals surface area (Å²) in [7, 11) is -4.80.